The SMILES string of the molecule is CC(=O)NCC(=Cc1cnc2cnccn12)B1OC(C)(C)C(C)(C)O1. The number of amides is 1. The second-order valence-electron chi connectivity index (χ2n) is 7.20. The fourth-order valence-corrected chi connectivity index (χ4v) is 2.58. The van der Waals surface area contributed by atoms with E-state index in [1.54, 1.807) is 18.6 Å². The van der Waals surface area contributed by atoms with E-state index in [-0.39, 0.29) is 5.91 Å². The van der Waals surface area contributed by atoms with Crippen LogP contribution in [0, 0.1) is 0 Å². The number of fused-ring (bicyclic) bond motifs is 1. The van der Waals surface area contributed by atoms with Crippen LogP contribution < -0.4 is 5.32 Å². The first kappa shape index (κ1) is 17.6. The van der Waals surface area contributed by atoms with Crippen molar-refractivity contribution >= 4 is 24.7 Å². The van der Waals surface area contributed by atoms with Crippen molar-refractivity contribution in [1.29, 1.82) is 0 Å². The molecule has 1 fully saturated rings. The molecule has 1 aliphatic heterocycles. The minimum atomic E-state index is -0.538. The van der Waals surface area contributed by atoms with E-state index in [1.807, 2.05) is 44.4 Å². The van der Waals surface area contributed by atoms with Gasteiger partial charge in [-0.2, -0.15) is 0 Å². The molecular weight excluding hydrogens is 319 g/mol. The second kappa shape index (κ2) is 6.27. The van der Waals surface area contributed by atoms with Crippen LogP contribution in [0.15, 0.2) is 30.3 Å². The van der Waals surface area contributed by atoms with Crippen LogP contribution >= 0.6 is 0 Å². The summed E-state index contributed by atoms with van der Waals surface area (Å²) in [5.41, 5.74) is 1.55. The zero-order chi connectivity index (χ0) is 18.2. The highest BCUT2D eigenvalue weighted by atomic mass is 16.7. The largest absolute Gasteiger partial charge is 0.492 e. The lowest BCUT2D eigenvalue weighted by atomic mass is 9.77. The minimum absolute atomic E-state index is 0.107. The molecule has 8 heteroatoms. The Bertz CT molecular complexity index is 812. The zero-order valence-electron chi connectivity index (χ0n) is 15.2. The molecule has 1 saturated heterocycles. The molecule has 1 aliphatic rings. The van der Waals surface area contributed by atoms with Gasteiger partial charge in [0.15, 0.2) is 5.65 Å². The number of nitrogens with one attached hydrogen (secondary N) is 1. The molecule has 0 unspecified atom stereocenters. The summed E-state index contributed by atoms with van der Waals surface area (Å²) >= 11 is 0. The summed E-state index contributed by atoms with van der Waals surface area (Å²) in [5, 5.41) is 2.83. The molecule has 0 aromatic carbocycles. The number of hydrogen-bond donors (Lipinski definition) is 1. The molecule has 2 aromatic rings. The van der Waals surface area contributed by atoms with Gasteiger partial charge in [0.2, 0.25) is 5.91 Å². The van der Waals surface area contributed by atoms with E-state index in [4.69, 9.17) is 9.31 Å². The fraction of sp³-hybridized carbons (Fsp3) is 0.471. The standard InChI is InChI=1S/C17H23BN4O3/c1-12(23)20-9-13(18-24-16(2,3)17(4,5)25-18)8-14-10-21-15-11-19-6-7-22(14)15/h6-8,10-11H,9H2,1-5H3,(H,20,23). The lowest BCUT2D eigenvalue weighted by molar-refractivity contribution is -0.118. The van der Waals surface area contributed by atoms with Crippen LogP contribution in [0.2, 0.25) is 0 Å². The summed E-state index contributed by atoms with van der Waals surface area (Å²) in [5.74, 6) is -0.107. The van der Waals surface area contributed by atoms with Gasteiger partial charge in [0.25, 0.3) is 0 Å². The predicted octanol–water partition coefficient (Wildman–Crippen LogP) is 1.88. The number of hydrogen-bond acceptors (Lipinski definition) is 5. The molecule has 132 valence electrons. The van der Waals surface area contributed by atoms with E-state index in [9.17, 15) is 4.79 Å². The highest BCUT2D eigenvalue weighted by Gasteiger charge is 2.52. The van der Waals surface area contributed by atoms with E-state index >= 15 is 0 Å². The summed E-state index contributed by atoms with van der Waals surface area (Å²) < 4.78 is 14.2. The van der Waals surface area contributed by atoms with Gasteiger partial charge < -0.3 is 14.6 Å². The van der Waals surface area contributed by atoms with Crippen molar-refractivity contribution in [2.24, 2.45) is 0 Å². The Kier molecular flexibility index (Phi) is 4.42. The summed E-state index contributed by atoms with van der Waals surface area (Å²) in [6.07, 6.45) is 8.94. The van der Waals surface area contributed by atoms with Crippen molar-refractivity contribution in [3.05, 3.63) is 36.0 Å². The molecule has 0 saturated carbocycles. The molecule has 2 aromatic heterocycles. The average molecular weight is 342 g/mol. The maximum Gasteiger partial charge on any atom is 0.492 e. The molecule has 0 spiro atoms. The minimum Gasteiger partial charge on any atom is -0.400 e. The van der Waals surface area contributed by atoms with Gasteiger partial charge in [0.05, 0.1) is 29.3 Å². The third-order valence-electron chi connectivity index (χ3n) is 4.78. The van der Waals surface area contributed by atoms with Gasteiger partial charge in [0, 0.05) is 25.9 Å². The highest BCUT2D eigenvalue weighted by Crippen LogP contribution is 2.38. The molecule has 0 atom stereocenters. The van der Waals surface area contributed by atoms with Crippen molar-refractivity contribution in [2.45, 2.75) is 45.8 Å². The maximum atomic E-state index is 11.4. The van der Waals surface area contributed by atoms with Crippen LogP contribution in [0.25, 0.3) is 11.7 Å². The Balaban J connectivity index is 1.96. The van der Waals surface area contributed by atoms with Crippen LogP contribution in [-0.4, -0.2) is 45.1 Å². The Morgan fingerprint density at radius 2 is 1.96 bits per heavy atom. The summed E-state index contributed by atoms with van der Waals surface area (Å²) in [6, 6.07) is 0. The lowest BCUT2D eigenvalue weighted by Crippen LogP contribution is -2.41. The number of carbonyl (C=O) groups is 1. The monoisotopic (exact) mass is 342 g/mol. The third-order valence-corrected chi connectivity index (χ3v) is 4.78. The predicted molar refractivity (Wildman–Crippen MR) is 95.7 cm³/mol. The quantitative estimate of drug-likeness (QED) is 0.859. The summed E-state index contributed by atoms with van der Waals surface area (Å²) in [7, 11) is -0.538. The van der Waals surface area contributed by atoms with Crippen molar-refractivity contribution < 1.29 is 14.1 Å². The molecule has 25 heavy (non-hydrogen) atoms. The number of rotatable bonds is 4. The summed E-state index contributed by atoms with van der Waals surface area (Å²) in [4.78, 5) is 19.8. The molecule has 3 heterocycles. The van der Waals surface area contributed by atoms with Crippen molar-refractivity contribution in [2.75, 3.05) is 6.54 Å². The Morgan fingerprint density at radius 1 is 1.28 bits per heavy atom. The first-order valence-corrected chi connectivity index (χ1v) is 8.27. The van der Waals surface area contributed by atoms with Crippen LogP contribution in [-0.2, 0) is 14.1 Å². The smallest absolute Gasteiger partial charge is 0.400 e. The number of imidazole rings is 1. The van der Waals surface area contributed by atoms with E-state index in [1.165, 1.54) is 6.92 Å². The second-order valence-corrected chi connectivity index (χ2v) is 7.20. The zero-order valence-corrected chi connectivity index (χ0v) is 15.2. The summed E-state index contributed by atoms with van der Waals surface area (Å²) in [6.45, 7) is 9.84. The van der Waals surface area contributed by atoms with Crippen LogP contribution in [0.5, 0.6) is 0 Å². The number of carbonyl (C=O) groups excluding carboxylic acids is 1. The van der Waals surface area contributed by atoms with Gasteiger partial charge in [0.1, 0.15) is 0 Å². The average Bonchev–Trinajstić information content (AvgIpc) is 3.02. The van der Waals surface area contributed by atoms with Crippen molar-refractivity contribution in [3.8, 4) is 0 Å². The number of aromatic nitrogens is 3. The first-order chi connectivity index (χ1) is 11.7. The van der Waals surface area contributed by atoms with Gasteiger partial charge in [-0.05, 0) is 39.2 Å². The Hall–Kier alpha value is -2.19. The topological polar surface area (TPSA) is 77.8 Å². The molecule has 7 nitrogen and oxygen atoms in total. The van der Waals surface area contributed by atoms with E-state index < -0.39 is 18.3 Å². The fourth-order valence-electron chi connectivity index (χ4n) is 2.58. The first-order valence-electron chi connectivity index (χ1n) is 8.27. The van der Waals surface area contributed by atoms with Gasteiger partial charge >= 0.3 is 7.12 Å². The Morgan fingerprint density at radius 3 is 2.60 bits per heavy atom. The van der Waals surface area contributed by atoms with E-state index in [0.29, 0.717) is 6.54 Å². The van der Waals surface area contributed by atoms with Crippen LogP contribution in [0.1, 0.15) is 40.3 Å². The normalized spacial score (nSPS) is 19.4. The van der Waals surface area contributed by atoms with Gasteiger partial charge in [-0.25, -0.2) is 4.98 Å². The van der Waals surface area contributed by atoms with Crippen molar-refractivity contribution in [1.82, 2.24) is 19.7 Å². The molecule has 1 amide bonds. The molecule has 0 radical (unpaired) electrons. The molecule has 0 bridgehead atoms. The van der Waals surface area contributed by atoms with Crippen molar-refractivity contribution in [3.63, 3.8) is 0 Å². The Labute approximate surface area is 147 Å². The molecule has 1 N–H and O–H groups in total. The van der Waals surface area contributed by atoms with Gasteiger partial charge in [-0.15, -0.1) is 0 Å². The molecule has 3 rings (SSSR count). The van der Waals surface area contributed by atoms with Gasteiger partial charge in [-0.1, -0.05) is 0 Å². The third kappa shape index (κ3) is 3.45. The number of nitrogens with zero attached hydrogens (tertiary/aromatic N) is 3. The van der Waals surface area contributed by atoms with E-state index in [0.717, 1.165) is 16.8 Å². The maximum absolute atomic E-state index is 11.4. The van der Waals surface area contributed by atoms with Crippen LogP contribution in [0.3, 0.4) is 0 Å². The molecular formula is C17H23BN4O3. The van der Waals surface area contributed by atoms with Crippen LogP contribution in [0.4, 0.5) is 0 Å². The highest BCUT2D eigenvalue weighted by molar-refractivity contribution is 6.56. The lowest BCUT2D eigenvalue weighted by Gasteiger charge is -2.32. The van der Waals surface area contributed by atoms with E-state index in [2.05, 4.69) is 15.3 Å². The van der Waals surface area contributed by atoms with Gasteiger partial charge in [-0.3, -0.25) is 14.2 Å². The molecule has 0 aliphatic carbocycles.